The molecule has 2 N–H and O–H groups in total. The van der Waals surface area contributed by atoms with Crippen LogP contribution in [0.3, 0.4) is 0 Å². The van der Waals surface area contributed by atoms with Crippen LogP contribution in [-0.2, 0) is 9.68 Å². The zero-order chi connectivity index (χ0) is 6.78. The first kappa shape index (κ1) is 7.55. The van der Waals surface area contributed by atoms with E-state index in [1.807, 2.05) is 0 Å². The van der Waals surface area contributed by atoms with Crippen LogP contribution in [0.2, 0.25) is 0 Å². The van der Waals surface area contributed by atoms with Crippen LogP contribution < -0.4 is 0 Å². The van der Waals surface area contributed by atoms with Gasteiger partial charge in [0.2, 0.25) is 0 Å². The third-order valence-electron chi connectivity index (χ3n) is 0.831. The minimum atomic E-state index is -2.04. The molecule has 8 heavy (non-hydrogen) atoms. The Labute approximate surface area is 46.6 Å². The first-order valence-electron chi connectivity index (χ1n) is 2.06. The van der Waals surface area contributed by atoms with Gasteiger partial charge in [0.05, 0.1) is 0 Å². The molecule has 48 valence electrons. The van der Waals surface area contributed by atoms with Crippen molar-refractivity contribution in [2.24, 2.45) is 0 Å². The van der Waals surface area contributed by atoms with Gasteiger partial charge < -0.3 is 5.11 Å². The lowest BCUT2D eigenvalue weighted by atomic mass is 10.2. The van der Waals surface area contributed by atoms with Gasteiger partial charge in [-0.1, -0.05) is 0 Å². The summed E-state index contributed by atoms with van der Waals surface area (Å²) in [6, 6.07) is 0. The second kappa shape index (κ2) is 2.21. The Morgan fingerprint density at radius 2 is 2.12 bits per heavy atom. The maximum Gasteiger partial charge on any atom is 0.255 e. The molecule has 1 unspecified atom stereocenters. The van der Waals surface area contributed by atoms with Crippen molar-refractivity contribution in [1.29, 1.82) is 0 Å². The quantitative estimate of drug-likeness (QED) is 0.300. The van der Waals surface area contributed by atoms with Crippen LogP contribution in [0.15, 0.2) is 0 Å². The summed E-state index contributed by atoms with van der Waals surface area (Å²) in [5.74, 6) is -2.68. The smallest absolute Gasteiger partial charge is 0.255 e. The summed E-state index contributed by atoms with van der Waals surface area (Å²) < 4.78 is 0. The van der Waals surface area contributed by atoms with E-state index >= 15 is 0 Å². The molecule has 0 aromatic carbocycles. The standard InChI is InChI=1S/C4H8O4/c1-3(5)4(2,6)8-7/h6-7H,1-2H3. The fraction of sp³-hybridized carbons (Fsp3) is 0.750. The number of hydrogen-bond donors (Lipinski definition) is 2. The summed E-state index contributed by atoms with van der Waals surface area (Å²) in [5.41, 5.74) is 0. The predicted octanol–water partition coefficient (Wildman–Crippen LogP) is -0.226. The Hall–Kier alpha value is -0.450. The highest BCUT2D eigenvalue weighted by molar-refractivity contribution is 5.82. The molecule has 0 saturated carbocycles. The van der Waals surface area contributed by atoms with E-state index in [0.29, 0.717) is 0 Å². The lowest BCUT2D eigenvalue weighted by Crippen LogP contribution is -2.34. The monoisotopic (exact) mass is 120 g/mol. The van der Waals surface area contributed by atoms with Gasteiger partial charge >= 0.3 is 0 Å². The van der Waals surface area contributed by atoms with Crippen LogP contribution in [0, 0.1) is 0 Å². The number of carbonyl (C=O) groups is 1. The molecule has 0 aliphatic carbocycles. The Bertz CT molecular complexity index is 96.2. The maximum absolute atomic E-state index is 10.2. The summed E-state index contributed by atoms with van der Waals surface area (Å²) in [4.78, 5) is 13.6. The third kappa shape index (κ3) is 1.57. The van der Waals surface area contributed by atoms with Crippen molar-refractivity contribution in [3.8, 4) is 0 Å². The molecule has 0 radical (unpaired) electrons. The first-order valence-corrected chi connectivity index (χ1v) is 2.06. The molecule has 0 aliphatic heterocycles. The van der Waals surface area contributed by atoms with Crippen LogP contribution in [-0.4, -0.2) is 21.9 Å². The van der Waals surface area contributed by atoms with Gasteiger partial charge in [-0.15, -0.1) is 0 Å². The van der Waals surface area contributed by atoms with E-state index in [2.05, 4.69) is 4.89 Å². The summed E-state index contributed by atoms with van der Waals surface area (Å²) in [5, 5.41) is 16.4. The third-order valence-corrected chi connectivity index (χ3v) is 0.831. The van der Waals surface area contributed by atoms with Crippen LogP contribution in [0.5, 0.6) is 0 Å². The molecule has 4 nitrogen and oxygen atoms in total. The second-order valence-electron chi connectivity index (χ2n) is 1.63. The molecule has 0 amide bonds. The number of carbonyl (C=O) groups excluding carboxylic acids is 1. The topological polar surface area (TPSA) is 66.8 Å². The van der Waals surface area contributed by atoms with E-state index in [-0.39, 0.29) is 0 Å². The second-order valence-corrected chi connectivity index (χ2v) is 1.63. The number of aliphatic hydroxyl groups is 1. The Balaban J connectivity index is 3.91. The summed E-state index contributed by atoms with van der Waals surface area (Å²) >= 11 is 0. The van der Waals surface area contributed by atoms with Gasteiger partial charge in [-0.05, 0) is 6.92 Å². The molecule has 0 bridgehead atoms. The van der Waals surface area contributed by atoms with E-state index in [0.717, 1.165) is 13.8 Å². The molecule has 0 heterocycles. The molecule has 4 heteroatoms. The van der Waals surface area contributed by atoms with Crippen molar-refractivity contribution in [3.63, 3.8) is 0 Å². The minimum absolute atomic E-state index is 0.639. The Kier molecular flexibility index (Phi) is 2.09. The zero-order valence-corrected chi connectivity index (χ0v) is 4.71. The van der Waals surface area contributed by atoms with E-state index in [1.165, 1.54) is 0 Å². The average molecular weight is 120 g/mol. The maximum atomic E-state index is 10.2. The van der Waals surface area contributed by atoms with Crippen molar-refractivity contribution < 1.29 is 20.0 Å². The summed E-state index contributed by atoms with van der Waals surface area (Å²) in [6.07, 6.45) is 0. The van der Waals surface area contributed by atoms with Crippen molar-refractivity contribution in [2.75, 3.05) is 0 Å². The predicted molar refractivity (Wildman–Crippen MR) is 25.0 cm³/mol. The van der Waals surface area contributed by atoms with Gasteiger partial charge in [0, 0.05) is 6.92 Å². The van der Waals surface area contributed by atoms with E-state index < -0.39 is 11.6 Å². The van der Waals surface area contributed by atoms with E-state index in [1.54, 1.807) is 0 Å². The normalized spacial score (nSPS) is 17.5. The van der Waals surface area contributed by atoms with Gasteiger partial charge in [0.15, 0.2) is 5.78 Å². The SMILES string of the molecule is CC(=O)C(C)(O)OO. The van der Waals surface area contributed by atoms with Gasteiger partial charge in [-0.3, -0.25) is 4.79 Å². The average Bonchev–Trinajstić information content (AvgIpc) is 1.67. The highest BCUT2D eigenvalue weighted by Crippen LogP contribution is 2.02. The molecule has 1 atom stereocenters. The van der Waals surface area contributed by atoms with Crippen molar-refractivity contribution in [1.82, 2.24) is 0 Å². The Morgan fingerprint density at radius 3 is 2.12 bits per heavy atom. The molecule has 0 aliphatic rings. The van der Waals surface area contributed by atoms with Gasteiger partial charge in [-0.2, -0.15) is 4.89 Å². The summed E-state index contributed by atoms with van der Waals surface area (Å²) in [6.45, 7) is 2.16. The summed E-state index contributed by atoms with van der Waals surface area (Å²) in [7, 11) is 0. The highest BCUT2D eigenvalue weighted by atomic mass is 17.1. The number of ketones is 1. The fourth-order valence-electron chi connectivity index (χ4n) is 0.0643. The van der Waals surface area contributed by atoms with Gasteiger partial charge in [-0.25, -0.2) is 5.26 Å². The molecular weight excluding hydrogens is 112 g/mol. The van der Waals surface area contributed by atoms with Gasteiger partial charge in [0.25, 0.3) is 5.79 Å². The number of rotatable bonds is 2. The first-order chi connectivity index (χ1) is 3.50. The zero-order valence-electron chi connectivity index (χ0n) is 4.71. The van der Waals surface area contributed by atoms with E-state index in [4.69, 9.17) is 10.4 Å². The number of hydrogen-bond acceptors (Lipinski definition) is 4. The molecule has 0 aromatic heterocycles. The van der Waals surface area contributed by atoms with Crippen molar-refractivity contribution in [2.45, 2.75) is 19.6 Å². The molecule has 0 saturated heterocycles. The highest BCUT2D eigenvalue weighted by Gasteiger charge is 2.26. The fourth-order valence-corrected chi connectivity index (χ4v) is 0.0643. The lowest BCUT2D eigenvalue weighted by molar-refractivity contribution is -0.366. The molecule has 0 rings (SSSR count). The molecule has 0 aromatic rings. The van der Waals surface area contributed by atoms with Crippen LogP contribution in [0.25, 0.3) is 0 Å². The lowest BCUT2D eigenvalue weighted by Gasteiger charge is -2.13. The van der Waals surface area contributed by atoms with Crippen LogP contribution in [0.1, 0.15) is 13.8 Å². The van der Waals surface area contributed by atoms with E-state index in [9.17, 15) is 4.79 Å². The molecule has 0 fully saturated rings. The van der Waals surface area contributed by atoms with Crippen molar-refractivity contribution >= 4 is 5.78 Å². The van der Waals surface area contributed by atoms with Crippen LogP contribution >= 0.6 is 0 Å². The number of Topliss-reactive ketones (excluding diaryl/α,β-unsaturated/α-hetero) is 1. The Morgan fingerprint density at radius 1 is 1.75 bits per heavy atom. The largest absolute Gasteiger partial charge is 0.358 e. The molecular formula is C4H8O4. The minimum Gasteiger partial charge on any atom is -0.358 e. The van der Waals surface area contributed by atoms with Gasteiger partial charge in [0.1, 0.15) is 0 Å². The molecule has 0 spiro atoms. The van der Waals surface area contributed by atoms with Crippen molar-refractivity contribution in [3.05, 3.63) is 0 Å². The van der Waals surface area contributed by atoms with Crippen LogP contribution in [0.4, 0.5) is 0 Å².